The van der Waals surface area contributed by atoms with Crippen molar-refractivity contribution in [2.45, 2.75) is 32.5 Å². The van der Waals surface area contributed by atoms with Crippen molar-refractivity contribution in [2.24, 2.45) is 0 Å². The number of nitrogens with one attached hydrogen (secondary N) is 1. The molecule has 0 spiro atoms. The van der Waals surface area contributed by atoms with Crippen LogP contribution in [0.4, 0.5) is 0 Å². The summed E-state index contributed by atoms with van der Waals surface area (Å²) in [6, 6.07) is 3.60. The van der Waals surface area contributed by atoms with Crippen LogP contribution >= 0.6 is 0 Å². The van der Waals surface area contributed by atoms with E-state index in [1.807, 2.05) is 11.0 Å². The molecule has 2 saturated heterocycles. The van der Waals surface area contributed by atoms with Gasteiger partial charge in [0.2, 0.25) is 5.91 Å². The van der Waals surface area contributed by atoms with Gasteiger partial charge in [0.05, 0.1) is 12.2 Å². The van der Waals surface area contributed by atoms with Crippen LogP contribution in [0.2, 0.25) is 0 Å². The van der Waals surface area contributed by atoms with Crippen molar-refractivity contribution >= 4 is 11.8 Å². The second-order valence-electron chi connectivity index (χ2n) is 7.02. The molecule has 1 aromatic rings. The zero-order chi connectivity index (χ0) is 17.8. The van der Waals surface area contributed by atoms with Gasteiger partial charge in [-0.05, 0) is 26.0 Å². The lowest BCUT2D eigenvalue weighted by atomic mass is 10.2. The van der Waals surface area contributed by atoms with Crippen LogP contribution in [-0.4, -0.2) is 89.5 Å². The van der Waals surface area contributed by atoms with Gasteiger partial charge in [-0.1, -0.05) is 0 Å². The Bertz CT molecular complexity index is 571. The summed E-state index contributed by atoms with van der Waals surface area (Å²) in [5.74, 6) is 0.187. The van der Waals surface area contributed by atoms with Gasteiger partial charge < -0.3 is 19.5 Å². The maximum Gasteiger partial charge on any atom is 0.270 e. The Balaban J connectivity index is 1.42. The minimum absolute atomic E-state index is 0.00777. The highest BCUT2D eigenvalue weighted by Crippen LogP contribution is 2.12. The number of carbonyl (C=O) groups is 2. The van der Waals surface area contributed by atoms with Crippen LogP contribution in [0.3, 0.4) is 0 Å². The lowest BCUT2D eigenvalue weighted by molar-refractivity contribution is -0.134. The first-order valence-corrected chi connectivity index (χ1v) is 9.11. The summed E-state index contributed by atoms with van der Waals surface area (Å²) in [5.41, 5.74) is 0.607. The monoisotopic (exact) mass is 348 g/mol. The standard InChI is InChI=1S/C18H28N4O3/c1-14-12-20(13-15(2)25-14)7-5-17(23)21-8-10-22(11-9-21)18(24)16-4-3-6-19-16/h3-4,6,14-15,19H,5,7-13H2,1-2H3/t14-,15+. The summed E-state index contributed by atoms with van der Waals surface area (Å²) in [6.45, 7) is 9.10. The molecule has 3 heterocycles. The van der Waals surface area contributed by atoms with Gasteiger partial charge in [-0.2, -0.15) is 0 Å². The molecule has 7 heteroatoms. The van der Waals surface area contributed by atoms with Gasteiger partial charge >= 0.3 is 0 Å². The number of nitrogens with zero attached hydrogens (tertiary/aromatic N) is 3. The zero-order valence-electron chi connectivity index (χ0n) is 15.1. The van der Waals surface area contributed by atoms with E-state index in [2.05, 4.69) is 23.7 Å². The highest BCUT2D eigenvalue weighted by Gasteiger charge is 2.26. The molecular formula is C18H28N4O3. The van der Waals surface area contributed by atoms with Crippen molar-refractivity contribution in [3.63, 3.8) is 0 Å². The zero-order valence-corrected chi connectivity index (χ0v) is 15.1. The Morgan fingerprint density at radius 3 is 2.36 bits per heavy atom. The average Bonchev–Trinajstić information content (AvgIpc) is 3.13. The highest BCUT2D eigenvalue weighted by molar-refractivity contribution is 5.92. The molecule has 25 heavy (non-hydrogen) atoms. The van der Waals surface area contributed by atoms with Crippen LogP contribution in [0.5, 0.6) is 0 Å². The molecule has 0 aliphatic carbocycles. The first kappa shape index (κ1) is 17.9. The molecule has 2 aliphatic rings. The molecule has 0 unspecified atom stereocenters. The molecule has 138 valence electrons. The summed E-state index contributed by atoms with van der Waals surface area (Å²) >= 11 is 0. The normalized spacial score (nSPS) is 25.2. The summed E-state index contributed by atoms with van der Waals surface area (Å²) in [4.78, 5) is 33.7. The Labute approximate surface area is 148 Å². The van der Waals surface area contributed by atoms with E-state index in [-0.39, 0.29) is 24.0 Å². The molecule has 0 aromatic carbocycles. The predicted molar refractivity (Wildman–Crippen MR) is 94.3 cm³/mol. The van der Waals surface area contributed by atoms with E-state index in [1.165, 1.54) is 0 Å². The lowest BCUT2D eigenvalue weighted by Crippen LogP contribution is -2.51. The Morgan fingerprint density at radius 2 is 1.76 bits per heavy atom. The van der Waals surface area contributed by atoms with Gasteiger partial charge in [0.1, 0.15) is 5.69 Å². The smallest absolute Gasteiger partial charge is 0.270 e. The molecule has 0 saturated carbocycles. The van der Waals surface area contributed by atoms with Crippen molar-refractivity contribution in [1.82, 2.24) is 19.7 Å². The summed E-state index contributed by atoms with van der Waals surface area (Å²) < 4.78 is 5.73. The largest absolute Gasteiger partial charge is 0.373 e. The van der Waals surface area contributed by atoms with Crippen LogP contribution in [0.1, 0.15) is 30.8 Å². The Kier molecular flexibility index (Phi) is 5.75. The van der Waals surface area contributed by atoms with E-state index in [0.717, 1.165) is 19.6 Å². The third kappa shape index (κ3) is 4.61. The quantitative estimate of drug-likeness (QED) is 0.874. The Hall–Kier alpha value is -1.86. The van der Waals surface area contributed by atoms with Gasteiger partial charge in [-0.3, -0.25) is 14.5 Å². The van der Waals surface area contributed by atoms with Crippen molar-refractivity contribution in [2.75, 3.05) is 45.8 Å². The third-order valence-electron chi connectivity index (χ3n) is 4.89. The van der Waals surface area contributed by atoms with Crippen molar-refractivity contribution in [3.05, 3.63) is 24.0 Å². The number of hydrogen-bond acceptors (Lipinski definition) is 4. The molecule has 2 aliphatic heterocycles. The number of carbonyl (C=O) groups excluding carboxylic acids is 2. The fourth-order valence-electron chi connectivity index (χ4n) is 3.67. The van der Waals surface area contributed by atoms with Crippen molar-refractivity contribution < 1.29 is 14.3 Å². The minimum atomic E-state index is 0.00777. The average molecular weight is 348 g/mol. The molecule has 1 N–H and O–H groups in total. The minimum Gasteiger partial charge on any atom is -0.373 e. The SMILES string of the molecule is C[C@@H]1CN(CCC(=O)N2CCN(C(=O)c3ccc[nH]3)CC2)C[C@H](C)O1. The molecule has 1 aromatic heterocycles. The van der Waals surface area contributed by atoms with Gasteiger partial charge in [-0.25, -0.2) is 0 Å². The number of aromatic amines is 1. The van der Waals surface area contributed by atoms with Gasteiger partial charge in [-0.15, -0.1) is 0 Å². The molecule has 3 rings (SSSR count). The van der Waals surface area contributed by atoms with E-state index >= 15 is 0 Å². The maximum atomic E-state index is 12.5. The molecule has 0 bridgehead atoms. The molecule has 2 fully saturated rings. The number of piperazine rings is 1. The van der Waals surface area contributed by atoms with Crippen LogP contribution < -0.4 is 0 Å². The highest BCUT2D eigenvalue weighted by atomic mass is 16.5. The number of morpholine rings is 1. The molecule has 7 nitrogen and oxygen atoms in total. The maximum absolute atomic E-state index is 12.5. The summed E-state index contributed by atoms with van der Waals surface area (Å²) in [7, 11) is 0. The number of rotatable bonds is 4. The predicted octanol–water partition coefficient (Wildman–Crippen LogP) is 0.798. The number of H-pyrrole nitrogens is 1. The van der Waals surface area contributed by atoms with Crippen LogP contribution in [0.15, 0.2) is 18.3 Å². The van der Waals surface area contributed by atoms with E-state index < -0.39 is 0 Å². The second kappa shape index (κ2) is 8.01. The fourth-order valence-corrected chi connectivity index (χ4v) is 3.67. The number of ether oxygens (including phenoxy) is 1. The third-order valence-corrected chi connectivity index (χ3v) is 4.89. The lowest BCUT2D eigenvalue weighted by Gasteiger charge is -2.37. The number of hydrogen-bond donors (Lipinski definition) is 1. The first-order valence-electron chi connectivity index (χ1n) is 9.11. The topological polar surface area (TPSA) is 68.9 Å². The summed E-state index contributed by atoms with van der Waals surface area (Å²) in [5, 5.41) is 0. The van der Waals surface area contributed by atoms with E-state index in [1.54, 1.807) is 17.2 Å². The Morgan fingerprint density at radius 1 is 1.12 bits per heavy atom. The van der Waals surface area contributed by atoms with E-state index in [9.17, 15) is 9.59 Å². The van der Waals surface area contributed by atoms with Crippen LogP contribution in [-0.2, 0) is 9.53 Å². The molecule has 2 atom stereocenters. The number of aromatic nitrogens is 1. The fraction of sp³-hybridized carbons (Fsp3) is 0.667. The van der Waals surface area contributed by atoms with Crippen molar-refractivity contribution in [1.29, 1.82) is 0 Å². The molecular weight excluding hydrogens is 320 g/mol. The van der Waals surface area contributed by atoms with Crippen LogP contribution in [0.25, 0.3) is 0 Å². The van der Waals surface area contributed by atoms with Gasteiger partial charge in [0, 0.05) is 58.4 Å². The molecule has 0 radical (unpaired) electrons. The molecule has 2 amide bonds. The van der Waals surface area contributed by atoms with Crippen LogP contribution in [0, 0.1) is 0 Å². The summed E-state index contributed by atoms with van der Waals surface area (Å²) in [6.07, 6.45) is 2.73. The first-order chi connectivity index (χ1) is 12.0. The second-order valence-corrected chi connectivity index (χ2v) is 7.02. The van der Waals surface area contributed by atoms with Gasteiger partial charge in [0.15, 0.2) is 0 Å². The number of amides is 2. The van der Waals surface area contributed by atoms with Gasteiger partial charge in [0.25, 0.3) is 5.91 Å². The van der Waals surface area contributed by atoms with Crippen molar-refractivity contribution in [3.8, 4) is 0 Å². The van der Waals surface area contributed by atoms with E-state index in [4.69, 9.17) is 4.74 Å². The van der Waals surface area contributed by atoms with E-state index in [0.29, 0.717) is 38.3 Å².